The molecule has 0 fully saturated rings. The molecule has 0 aliphatic rings. The Kier molecular flexibility index (Phi) is 6.87. The zero-order valence-corrected chi connectivity index (χ0v) is 16.9. The maximum Gasteiger partial charge on any atom is 0.342 e. The third-order valence-electron chi connectivity index (χ3n) is 3.60. The predicted molar refractivity (Wildman–Crippen MR) is 103 cm³/mol. The maximum absolute atomic E-state index is 12.2. The van der Waals surface area contributed by atoms with Crippen LogP contribution in [0.5, 0.6) is 11.5 Å². The lowest BCUT2D eigenvalue weighted by Gasteiger charge is -2.11. The summed E-state index contributed by atoms with van der Waals surface area (Å²) in [7, 11) is -0.615. The second-order valence-corrected chi connectivity index (χ2v) is 8.03. The van der Waals surface area contributed by atoms with Gasteiger partial charge < -0.3 is 19.5 Å². The Bertz CT molecular complexity index is 1000. The van der Waals surface area contributed by atoms with Gasteiger partial charge >= 0.3 is 5.97 Å². The zero-order chi connectivity index (χ0) is 20.9. The number of amides is 1. The molecular formula is C18H18ClNO7S. The molecule has 1 N–H and O–H groups in total. The summed E-state index contributed by atoms with van der Waals surface area (Å²) in [6.45, 7) is -0.604. The first-order valence-corrected chi connectivity index (χ1v) is 10.1. The van der Waals surface area contributed by atoms with Gasteiger partial charge in [-0.05, 0) is 30.3 Å². The van der Waals surface area contributed by atoms with E-state index in [-0.39, 0.29) is 26.9 Å². The molecule has 2 aromatic rings. The lowest BCUT2D eigenvalue weighted by molar-refractivity contribution is -0.119. The molecule has 0 aliphatic heterocycles. The molecule has 0 bridgehead atoms. The van der Waals surface area contributed by atoms with Gasteiger partial charge in [-0.2, -0.15) is 0 Å². The fourth-order valence-electron chi connectivity index (χ4n) is 2.19. The molecule has 8 nitrogen and oxygen atoms in total. The van der Waals surface area contributed by atoms with Crippen LogP contribution in [-0.4, -0.2) is 47.4 Å². The quantitative estimate of drug-likeness (QED) is 0.676. The summed E-state index contributed by atoms with van der Waals surface area (Å²) in [5.41, 5.74) is 0.209. The lowest BCUT2D eigenvalue weighted by atomic mass is 10.2. The summed E-state index contributed by atoms with van der Waals surface area (Å²) in [4.78, 5) is 24.3. The summed E-state index contributed by atoms with van der Waals surface area (Å²) >= 11 is 5.97. The molecule has 0 spiro atoms. The molecule has 2 aromatic carbocycles. The number of rotatable bonds is 7. The Hall–Kier alpha value is -2.78. The summed E-state index contributed by atoms with van der Waals surface area (Å²) in [5, 5.41) is 2.56. The van der Waals surface area contributed by atoms with Gasteiger partial charge in [0.15, 0.2) is 16.4 Å². The smallest absolute Gasteiger partial charge is 0.342 e. The first-order chi connectivity index (χ1) is 13.2. The number of benzene rings is 2. The van der Waals surface area contributed by atoms with Crippen molar-refractivity contribution in [1.82, 2.24) is 0 Å². The van der Waals surface area contributed by atoms with Crippen molar-refractivity contribution in [1.29, 1.82) is 0 Å². The van der Waals surface area contributed by atoms with Crippen LogP contribution in [0.1, 0.15) is 10.4 Å². The van der Waals surface area contributed by atoms with E-state index >= 15 is 0 Å². The molecule has 10 heteroatoms. The Morgan fingerprint density at radius 2 is 1.79 bits per heavy atom. The lowest BCUT2D eigenvalue weighted by Crippen LogP contribution is -2.21. The van der Waals surface area contributed by atoms with Gasteiger partial charge in [0.25, 0.3) is 5.91 Å². The van der Waals surface area contributed by atoms with E-state index in [1.54, 1.807) is 6.07 Å². The van der Waals surface area contributed by atoms with Crippen LogP contribution in [0.3, 0.4) is 0 Å². The van der Waals surface area contributed by atoms with Gasteiger partial charge in [-0.15, -0.1) is 0 Å². The summed E-state index contributed by atoms with van der Waals surface area (Å²) in [6, 6.07) is 8.40. The van der Waals surface area contributed by atoms with Gasteiger partial charge in [0.2, 0.25) is 0 Å². The second-order valence-electron chi connectivity index (χ2n) is 5.60. The van der Waals surface area contributed by atoms with Crippen LogP contribution >= 0.6 is 11.6 Å². The number of esters is 1. The first-order valence-electron chi connectivity index (χ1n) is 7.84. The first kappa shape index (κ1) is 21.5. The Labute approximate surface area is 167 Å². The van der Waals surface area contributed by atoms with Crippen LogP contribution in [0.15, 0.2) is 41.3 Å². The normalized spacial score (nSPS) is 10.9. The van der Waals surface area contributed by atoms with Gasteiger partial charge in [-0.25, -0.2) is 13.2 Å². The minimum absolute atomic E-state index is 0.00726. The van der Waals surface area contributed by atoms with E-state index in [9.17, 15) is 18.0 Å². The minimum Gasteiger partial charge on any atom is -0.497 e. The van der Waals surface area contributed by atoms with Crippen LogP contribution in [0, 0.1) is 0 Å². The highest BCUT2D eigenvalue weighted by Gasteiger charge is 2.17. The molecule has 1 amide bonds. The van der Waals surface area contributed by atoms with E-state index in [1.807, 2.05) is 0 Å². The number of carbonyl (C=O) groups excluding carboxylic acids is 2. The van der Waals surface area contributed by atoms with E-state index in [2.05, 4.69) is 5.32 Å². The molecule has 0 heterocycles. The van der Waals surface area contributed by atoms with Crippen molar-refractivity contribution in [3.63, 3.8) is 0 Å². The van der Waals surface area contributed by atoms with Gasteiger partial charge in [0.05, 0.1) is 29.8 Å². The standard InChI is InChI=1S/C18H18ClNO7S/c1-25-11-4-6-13(16(8-11)26-2)18(22)27-10-17(21)20-15-9-12(28(3,23)24)5-7-14(15)19/h4-9H,10H2,1-3H3,(H,20,21). The topological polar surface area (TPSA) is 108 Å². The monoisotopic (exact) mass is 427 g/mol. The number of hydrogen-bond acceptors (Lipinski definition) is 7. The van der Waals surface area contributed by atoms with Crippen LogP contribution in [0.25, 0.3) is 0 Å². The van der Waals surface area contributed by atoms with Gasteiger partial charge in [0.1, 0.15) is 17.1 Å². The van der Waals surface area contributed by atoms with Crippen molar-refractivity contribution in [3.05, 3.63) is 47.0 Å². The van der Waals surface area contributed by atoms with E-state index in [1.165, 1.54) is 44.6 Å². The van der Waals surface area contributed by atoms with Crippen molar-refractivity contribution >= 4 is 39.0 Å². The third-order valence-corrected chi connectivity index (χ3v) is 5.04. The molecule has 0 aliphatic carbocycles. The van der Waals surface area contributed by atoms with Crippen LogP contribution < -0.4 is 14.8 Å². The Balaban J connectivity index is 2.06. The maximum atomic E-state index is 12.2. The average molecular weight is 428 g/mol. The number of halogens is 1. The number of anilines is 1. The molecule has 0 saturated carbocycles. The largest absolute Gasteiger partial charge is 0.497 e. The molecule has 0 radical (unpaired) electrons. The van der Waals surface area contributed by atoms with Crippen molar-refractivity contribution < 1.29 is 32.2 Å². The molecule has 150 valence electrons. The number of ether oxygens (including phenoxy) is 3. The van der Waals surface area contributed by atoms with Gasteiger partial charge in [0, 0.05) is 12.3 Å². The predicted octanol–water partition coefficient (Wildman–Crippen LogP) is 2.56. The fourth-order valence-corrected chi connectivity index (χ4v) is 3.01. The Morgan fingerprint density at radius 1 is 1.07 bits per heavy atom. The summed E-state index contributed by atoms with van der Waals surface area (Å²) < 4.78 is 38.4. The number of carbonyl (C=O) groups is 2. The van der Waals surface area contributed by atoms with Crippen molar-refractivity contribution in [2.24, 2.45) is 0 Å². The highest BCUT2D eigenvalue weighted by atomic mass is 35.5. The number of sulfone groups is 1. The van der Waals surface area contributed by atoms with Crippen LogP contribution in [0.4, 0.5) is 5.69 Å². The van der Waals surface area contributed by atoms with E-state index in [4.69, 9.17) is 25.8 Å². The number of nitrogens with one attached hydrogen (secondary N) is 1. The van der Waals surface area contributed by atoms with Crippen LogP contribution in [0.2, 0.25) is 5.02 Å². The molecule has 0 atom stereocenters. The summed E-state index contributed by atoms with van der Waals surface area (Å²) in [6.07, 6.45) is 1.03. The van der Waals surface area contributed by atoms with Gasteiger partial charge in [-0.3, -0.25) is 4.79 Å². The molecule has 0 unspecified atom stereocenters. The third kappa shape index (κ3) is 5.37. The number of methoxy groups -OCH3 is 2. The SMILES string of the molecule is COc1ccc(C(=O)OCC(=O)Nc2cc(S(C)(=O)=O)ccc2Cl)c(OC)c1. The Morgan fingerprint density at radius 3 is 2.39 bits per heavy atom. The van der Waals surface area contributed by atoms with Crippen molar-refractivity contribution in [2.75, 3.05) is 32.4 Å². The molecule has 0 saturated heterocycles. The number of hydrogen-bond donors (Lipinski definition) is 1. The highest BCUT2D eigenvalue weighted by Crippen LogP contribution is 2.26. The van der Waals surface area contributed by atoms with E-state index in [0.717, 1.165) is 6.26 Å². The minimum atomic E-state index is -3.47. The van der Waals surface area contributed by atoms with Crippen LogP contribution in [-0.2, 0) is 19.4 Å². The van der Waals surface area contributed by atoms with Gasteiger partial charge in [-0.1, -0.05) is 11.6 Å². The van der Waals surface area contributed by atoms with Crippen molar-refractivity contribution in [3.8, 4) is 11.5 Å². The second kappa shape index (κ2) is 8.94. The molecule has 28 heavy (non-hydrogen) atoms. The van der Waals surface area contributed by atoms with E-state index < -0.39 is 28.3 Å². The molecule has 0 aromatic heterocycles. The summed E-state index contributed by atoms with van der Waals surface area (Å²) in [5.74, 6) is -0.737. The molecular weight excluding hydrogens is 410 g/mol. The highest BCUT2D eigenvalue weighted by molar-refractivity contribution is 7.90. The average Bonchev–Trinajstić information content (AvgIpc) is 2.66. The van der Waals surface area contributed by atoms with E-state index in [0.29, 0.717) is 5.75 Å². The fraction of sp³-hybridized carbons (Fsp3) is 0.222. The van der Waals surface area contributed by atoms with Crippen molar-refractivity contribution in [2.45, 2.75) is 4.90 Å². The zero-order valence-electron chi connectivity index (χ0n) is 15.3. The molecule has 2 rings (SSSR count).